The van der Waals surface area contributed by atoms with Gasteiger partial charge in [0.1, 0.15) is 0 Å². The monoisotopic (exact) mass is 263 g/mol. The Morgan fingerprint density at radius 2 is 2.22 bits per heavy atom. The average molecular weight is 264 g/mol. The number of carbonyl (C=O) groups is 1. The minimum Gasteiger partial charge on any atom is -0.478 e. The summed E-state index contributed by atoms with van der Waals surface area (Å²) in [6, 6.07) is 4.62. The van der Waals surface area contributed by atoms with Crippen molar-refractivity contribution in [1.29, 1.82) is 0 Å². The largest absolute Gasteiger partial charge is 0.478 e. The van der Waals surface area contributed by atoms with Crippen LogP contribution >= 0.6 is 11.6 Å². The molecule has 0 unspecified atom stereocenters. The quantitative estimate of drug-likeness (QED) is 0.829. The van der Waals surface area contributed by atoms with Crippen LogP contribution in [0.25, 0.3) is 10.8 Å². The first-order valence-electron chi connectivity index (χ1n) is 5.17. The fraction of sp³-hybridized carbons (Fsp3) is 0.0833. The lowest BCUT2D eigenvalue weighted by Gasteiger charge is -2.07. The van der Waals surface area contributed by atoms with Crippen LogP contribution in [0.5, 0.6) is 0 Å². The molecule has 0 saturated heterocycles. The minimum absolute atomic E-state index is 0.174. The third-order valence-electron chi connectivity index (χ3n) is 2.40. The van der Waals surface area contributed by atoms with Crippen LogP contribution in [0.1, 0.15) is 10.4 Å². The number of fused-ring (bicyclic) bond motifs is 1. The highest BCUT2D eigenvalue weighted by atomic mass is 35.5. The van der Waals surface area contributed by atoms with Gasteiger partial charge in [-0.15, -0.1) is 16.8 Å². The summed E-state index contributed by atoms with van der Waals surface area (Å²) in [7, 11) is 0. The molecule has 0 amide bonds. The first-order chi connectivity index (χ1) is 8.63. The van der Waals surface area contributed by atoms with Crippen molar-refractivity contribution in [2.45, 2.75) is 0 Å². The molecule has 2 aromatic rings. The van der Waals surface area contributed by atoms with Crippen LogP contribution in [0.3, 0.4) is 0 Å². The predicted molar refractivity (Wildman–Crippen MR) is 70.2 cm³/mol. The maximum Gasteiger partial charge on any atom is 0.335 e. The van der Waals surface area contributed by atoms with Gasteiger partial charge in [0, 0.05) is 17.3 Å². The zero-order chi connectivity index (χ0) is 13.1. The van der Waals surface area contributed by atoms with Crippen molar-refractivity contribution in [3.8, 4) is 0 Å². The Bertz CT molecular complexity index is 628. The Morgan fingerprint density at radius 1 is 1.44 bits per heavy atom. The molecule has 18 heavy (non-hydrogen) atoms. The zero-order valence-corrected chi connectivity index (χ0v) is 10.1. The van der Waals surface area contributed by atoms with Gasteiger partial charge in [-0.1, -0.05) is 23.7 Å². The number of carboxylic acids is 1. The fourth-order valence-corrected chi connectivity index (χ4v) is 1.76. The van der Waals surface area contributed by atoms with Crippen molar-refractivity contribution in [1.82, 2.24) is 10.2 Å². The number of anilines is 1. The van der Waals surface area contributed by atoms with E-state index < -0.39 is 5.97 Å². The van der Waals surface area contributed by atoms with Crippen LogP contribution in [-0.2, 0) is 0 Å². The van der Waals surface area contributed by atoms with Crippen LogP contribution < -0.4 is 5.32 Å². The highest BCUT2D eigenvalue weighted by Crippen LogP contribution is 2.27. The molecule has 0 aliphatic carbocycles. The predicted octanol–water partition coefficient (Wildman–Crippen LogP) is 2.58. The van der Waals surface area contributed by atoms with E-state index in [4.69, 9.17) is 16.7 Å². The number of halogens is 1. The topological polar surface area (TPSA) is 75.1 Å². The van der Waals surface area contributed by atoms with E-state index in [1.165, 1.54) is 12.1 Å². The SMILES string of the molecule is C=CCNc1nnc(Cl)c2ccc(C(=O)O)cc12. The highest BCUT2D eigenvalue weighted by Gasteiger charge is 2.10. The number of aromatic carboxylic acids is 1. The van der Waals surface area contributed by atoms with Crippen molar-refractivity contribution in [2.75, 3.05) is 11.9 Å². The van der Waals surface area contributed by atoms with E-state index in [1.54, 1.807) is 12.1 Å². The van der Waals surface area contributed by atoms with Crippen LogP contribution in [0.2, 0.25) is 5.15 Å². The Morgan fingerprint density at radius 3 is 2.89 bits per heavy atom. The van der Waals surface area contributed by atoms with Gasteiger partial charge in [-0.25, -0.2) is 4.79 Å². The van der Waals surface area contributed by atoms with Crippen LogP contribution in [0, 0.1) is 0 Å². The van der Waals surface area contributed by atoms with Crippen molar-refractivity contribution in [2.24, 2.45) is 0 Å². The standard InChI is InChI=1S/C12H10ClN3O2/c1-2-5-14-11-9-6-7(12(17)18)3-4-8(9)10(13)15-16-11/h2-4,6H,1,5H2,(H,14,16)(H,17,18). The van der Waals surface area contributed by atoms with E-state index in [9.17, 15) is 4.79 Å². The van der Waals surface area contributed by atoms with Crippen LogP contribution in [0.15, 0.2) is 30.9 Å². The molecule has 0 fully saturated rings. The molecular weight excluding hydrogens is 254 g/mol. The molecule has 5 nitrogen and oxygen atoms in total. The number of hydrogen-bond acceptors (Lipinski definition) is 4. The Labute approximate surface area is 108 Å². The summed E-state index contributed by atoms with van der Waals surface area (Å²) in [6.07, 6.45) is 1.67. The van der Waals surface area contributed by atoms with E-state index in [0.717, 1.165) is 0 Å². The second kappa shape index (κ2) is 5.01. The van der Waals surface area contributed by atoms with Gasteiger partial charge in [0.2, 0.25) is 0 Å². The van der Waals surface area contributed by atoms with E-state index in [-0.39, 0.29) is 10.7 Å². The molecule has 2 N–H and O–H groups in total. The zero-order valence-electron chi connectivity index (χ0n) is 9.35. The molecule has 0 bridgehead atoms. The number of benzene rings is 1. The molecule has 1 aromatic carbocycles. The molecule has 6 heteroatoms. The molecule has 0 aliphatic heterocycles. The van der Waals surface area contributed by atoms with Gasteiger partial charge < -0.3 is 10.4 Å². The number of carboxylic acid groups (broad SMARTS) is 1. The Kier molecular flexibility index (Phi) is 3.43. The lowest BCUT2D eigenvalue weighted by Crippen LogP contribution is -2.04. The number of nitrogens with zero attached hydrogens (tertiary/aromatic N) is 2. The first-order valence-corrected chi connectivity index (χ1v) is 5.55. The van der Waals surface area contributed by atoms with E-state index in [0.29, 0.717) is 23.1 Å². The molecule has 2 rings (SSSR count). The molecule has 1 heterocycles. The number of rotatable bonds is 4. The highest BCUT2D eigenvalue weighted by molar-refractivity contribution is 6.34. The van der Waals surface area contributed by atoms with Gasteiger partial charge in [0.05, 0.1) is 5.56 Å². The van der Waals surface area contributed by atoms with Crippen molar-refractivity contribution in [3.63, 3.8) is 0 Å². The summed E-state index contributed by atoms with van der Waals surface area (Å²) in [5.74, 6) is -0.517. The minimum atomic E-state index is -1.00. The van der Waals surface area contributed by atoms with E-state index in [2.05, 4.69) is 22.1 Å². The van der Waals surface area contributed by atoms with Crippen molar-refractivity contribution >= 4 is 34.2 Å². The molecule has 0 atom stereocenters. The van der Waals surface area contributed by atoms with Gasteiger partial charge in [-0.2, -0.15) is 0 Å². The average Bonchev–Trinajstić information content (AvgIpc) is 2.37. The molecule has 0 saturated carbocycles. The van der Waals surface area contributed by atoms with Gasteiger partial charge in [-0.3, -0.25) is 0 Å². The third kappa shape index (κ3) is 2.26. The summed E-state index contributed by atoms with van der Waals surface area (Å²) in [5, 5.41) is 21.2. The number of hydrogen-bond donors (Lipinski definition) is 2. The number of nitrogens with one attached hydrogen (secondary N) is 1. The molecular formula is C12H10ClN3O2. The smallest absolute Gasteiger partial charge is 0.335 e. The normalized spacial score (nSPS) is 10.3. The third-order valence-corrected chi connectivity index (χ3v) is 2.67. The maximum absolute atomic E-state index is 10.9. The first kappa shape index (κ1) is 12.3. The summed E-state index contributed by atoms with van der Waals surface area (Å²) in [5.41, 5.74) is 0.174. The van der Waals surface area contributed by atoms with Crippen molar-refractivity contribution < 1.29 is 9.90 Å². The Hall–Kier alpha value is -2.14. The van der Waals surface area contributed by atoms with Gasteiger partial charge in [0.15, 0.2) is 11.0 Å². The maximum atomic E-state index is 10.9. The number of aromatic nitrogens is 2. The summed E-state index contributed by atoms with van der Waals surface area (Å²) >= 11 is 5.93. The molecule has 1 aromatic heterocycles. The lowest BCUT2D eigenvalue weighted by molar-refractivity contribution is 0.0697. The van der Waals surface area contributed by atoms with Gasteiger partial charge in [-0.05, 0) is 12.1 Å². The second-order valence-corrected chi connectivity index (χ2v) is 3.93. The van der Waals surface area contributed by atoms with Crippen LogP contribution in [0.4, 0.5) is 5.82 Å². The lowest BCUT2D eigenvalue weighted by atomic mass is 10.1. The van der Waals surface area contributed by atoms with Crippen molar-refractivity contribution in [3.05, 3.63) is 41.6 Å². The fourth-order valence-electron chi connectivity index (χ4n) is 1.55. The molecule has 0 spiro atoms. The van der Waals surface area contributed by atoms with E-state index in [1.807, 2.05) is 0 Å². The van der Waals surface area contributed by atoms with Gasteiger partial charge >= 0.3 is 5.97 Å². The van der Waals surface area contributed by atoms with E-state index >= 15 is 0 Å². The summed E-state index contributed by atoms with van der Waals surface area (Å²) in [6.45, 7) is 4.09. The second-order valence-electron chi connectivity index (χ2n) is 3.57. The molecule has 0 aliphatic rings. The summed E-state index contributed by atoms with van der Waals surface area (Å²) < 4.78 is 0. The van der Waals surface area contributed by atoms with Gasteiger partial charge in [0.25, 0.3) is 0 Å². The summed E-state index contributed by atoms with van der Waals surface area (Å²) in [4.78, 5) is 10.9. The van der Waals surface area contributed by atoms with Crippen LogP contribution in [-0.4, -0.2) is 27.8 Å². The molecule has 92 valence electrons. The molecule has 0 radical (unpaired) electrons. The Balaban J connectivity index is 2.63.